The van der Waals surface area contributed by atoms with Crippen LogP contribution in [0.15, 0.2) is 30.4 Å². The van der Waals surface area contributed by atoms with Crippen molar-refractivity contribution in [3.8, 4) is 0 Å². The number of unbranched alkanes of at least 4 members (excludes halogenated alkanes) is 2. The maximum Gasteiger partial charge on any atom is 0.159 e. The maximum atomic E-state index is 13.6. The quantitative estimate of drug-likeness (QED) is 0.270. The van der Waals surface area contributed by atoms with Gasteiger partial charge in [-0.25, -0.2) is 8.78 Å². The molecule has 3 fully saturated rings. The molecule has 1 aromatic rings. The van der Waals surface area contributed by atoms with Gasteiger partial charge in [0.25, 0.3) is 0 Å². The predicted octanol–water partition coefficient (Wildman–Crippen LogP) is 9.99. The Hall–Kier alpha value is -1.18. The zero-order valence-corrected chi connectivity index (χ0v) is 20.9. The van der Waals surface area contributed by atoms with E-state index in [0.29, 0.717) is 11.8 Å². The molecule has 3 aliphatic carbocycles. The molecular weight excluding hydrogens is 410 g/mol. The van der Waals surface area contributed by atoms with Gasteiger partial charge in [-0.15, -0.1) is 0 Å². The average molecular weight is 457 g/mol. The molecule has 4 rings (SSSR count). The Morgan fingerprint density at radius 2 is 1.27 bits per heavy atom. The van der Waals surface area contributed by atoms with Gasteiger partial charge in [-0.2, -0.15) is 0 Å². The lowest BCUT2D eigenvalue weighted by Crippen LogP contribution is -2.25. The Bertz CT molecular complexity index is 729. The lowest BCUT2D eigenvalue weighted by molar-refractivity contribution is 0.151. The molecule has 0 saturated heterocycles. The van der Waals surface area contributed by atoms with Gasteiger partial charge >= 0.3 is 0 Å². The van der Waals surface area contributed by atoms with Crippen LogP contribution in [0.25, 0.3) is 0 Å². The molecule has 3 saturated carbocycles. The van der Waals surface area contributed by atoms with E-state index in [-0.39, 0.29) is 0 Å². The van der Waals surface area contributed by atoms with Gasteiger partial charge in [0.15, 0.2) is 11.6 Å². The molecule has 0 bridgehead atoms. The van der Waals surface area contributed by atoms with Crippen LogP contribution in [0.5, 0.6) is 0 Å². The summed E-state index contributed by atoms with van der Waals surface area (Å²) in [6.07, 6.45) is 27.0. The summed E-state index contributed by atoms with van der Waals surface area (Å²) in [5.41, 5.74) is 0.977. The first kappa shape index (κ1) is 24.9. The van der Waals surface area contributed by atoms with E-state index < -0.39 is 11.6 Å². The van der Waals surface area contributed by atoms with E-state index in [0.717, 1.165) is 42.1 Å². The van der Waals surface area contributed by atoms with Gasteiger partial charge in [0.1, 0.15) is 0 Å². The van der Waals surface area contributed by atoms with Crippen LogP contribution < -0.4 is 0 Å². The van der Waals surface area contributed by atoms with E-state index in [9.17, 15) is 8.78 Å². The largest absolute Gasteiger partial charge is 0.204 e. The lowest BCUT2D eigenvalue weighted by Gasteiger charge is -2.37. The third kappa shape index (κ3) is 7.15. The molecule has 0 amide bonds. The van der Waals surface area contributed by atoms with Gasteiger partial charge in [0, 0.05) is 0 Å². The Labute approximate surface area is 201 Å². The monoisotopic (exact) mass is 456 g/mol. The van der Waals surface area contributed by atoms with Gasteiger partial charge in [-0.3, -0.25) is 0 Å². The number of hydrogen-bond acceptors (Lipinski definition) is 0. The first-order chi connectivity index (χ1) is 16.1. The molecule has 0 heterocycles. The lowest BCUT2D eigenvalue weighted by atomic mass is 9.68. The van der Waals surface area contributed by atoms with Gasteiger partial charge < -0.3 is 0 Å². The van der Waals surface area contributed by atoms with Crippen LogP contribution >= 0.6 is 0 Å². The molecule has 184 valence electrons. The van der Waals surface area contributed by atoms with Crippen LogP contribution in [0.3, 0.4) is 0 Å². The minimum atomic E-state index is -0.736. The Kier molecular flexibility index (Phi) is 9.44. The fourth-order valence-corrected chi connectivity index (χ4v) is 7.17. The molecule has 3 aliphatic rings. The van der Waals surface area contributed by atoms with Crippen LogP contribution in [0.2, 0.25) is 0 Å². The van der Waals surface area contributed by atoms with E-state index in [2.05, 4.69) is 19.1 Å². The fraction of sp³-hybridized carbons (Fsp3) is 0.742. The van der Waals surface area contributed by atoms with E-state index >= 15 is 0 Å². The summed E-state index contributed by atoms with van der Waals surface area (Å²) in [5.74, 6) is 3.46. The molecule has 0 atom stereocenters. The number of hydrogen-bond donors (Lipinski definition) is 0. The van der Waals surface area contributed by atoms with Crippen molar-refractivity contribution in [2.75, 3.05) is 0 Å². The number of halogens is 2. The number of benzene rings is 1. The summed E-state index contributed by atoms with van der Waals surface area (Å²) >= 11 is 0. The summed E-state index contributed by atoms with van der Waals surface area (Å²) in [6.45, 7) is 2.31. The highest BCUT2D eigenvalue weighted by atomic mass is 19.2. The standard InChI is InChI=1S/C31H46F2/c1-2-3-4-5-23-8-14-26(15-9-23)27-16-10-24(11-17-27)6-7-25-12-18-28(19-13-25)29-20-21-30(32)31(33)22-29/h6-7,20-28H,2-5,8-19H2,1H3/b7-6+. The molecular formula is C31H46F2. The van der Waals surface area contributed by atoms with Crippen LogP contribution in [0.4, 0.5) is 8.78 Å². The van der Waals surface area contributed by atoms with Crippen molar-refractivity contribution in [3.63, 3.8) is 0 Å². The summed E-state index contributed by atoms with van der Waals surface area (Å²) in [4.78, 5) is 0. The molecule has 0 aliphatic heterocycles. The molecule has 0 spiro atoms. The molecule has 0 aromatic heterocycles. The summed E-state index contributed by atoms with van der Waals surface area (Å²) < 4.78 is 26.8. The van der Waals surface area contributed by atoms with Crippen LogP contribution in [-0.2, 0) is 0 Å². The normalized spacial score (nSPS) is 33.4. The van der Waals surface area contributed by atoms with Crippen molar-refractivity contribution >= 4 is 0 Å². The third-order valence-electron chi connectivity index (χ3n) is 9.43. The number of allylic oxidation sites excluding steroid dienone is 2. The Morgan fingerprint density at radius 3 is 1.85 bits per heavy atom. The van der Waals surface area contributed by atoms with E-state index in [1.54, 1.807) is 6.07 Å². The van der Waals surface area contributed by atoms with Crippen molar-refractivity contribution in [2.24, 2.45) is 29.6 Å². The second kappa shape index (κ2) is 12.5. The smallest absolute Gasteiger partial charge is 0.159 e. The second-order valence-corrected chi connectivity index (χ2v) is 11.6. The van der Waals surface area contributed by atoms with Crippen molar-refractivity contribution < 1.29 is 8.78 Å². The van der Waals surface area contributed by atoms with Crippen LogP contribution in [-0.4, -0.2) is 0 Å². The van der Waals surface area contributed by atoms with Crippen molar-refractivity contribution in [3.05, 3.63) is 47.5 Å². The molecule has 1 aromatic carbocycles. The fourth-order valence-electron chi connectivity index (χ4n) is 7.17. The highest BCUT2D eigenvalue weighted by Gasteiger charge is 2.30. The van der Waals surface area contributed by atoms with E-state index in [4.69, 9.17) is 0 Å². The molecule has 33 heavy (non-hydrogen) atoms. The molecule has 0 radical (unpaired) electrons. The molecule has 0 nitrogen and oxygen atoms in total. The summed E-state index contributed by atoms with van der Waals surface area (Å²) in [6, 6.07) is 4.47. The third-order valence-corrected chi connectivity index (χ3v) is 9.43. The first-order valence-corrected chi connectivity index (χ1v) is 14.3. The van der Waals surface area contributed by atoms with Crippen molar-refractivity contribution in [1.82, 2.24) is 0 Å². The highest BCUT2D eigenvalue weighted by Crippen LogP contribution is 2.43. The Morgan fingerprint density at radius 1 is 0.697 bits per heavy atom. The van der Waals surface area contributed by atoms with Gasteiger partial charge in [-0.1, -0.05) is 63.7 Å². The minimum absolute atomic E-state index is 0.391. The topological polar surface area (TPSA) is 0 Å². The van der Waals surface area contributed by atoms with Crippen LogP contribution in [0.1, 0.15) is 121 Å². The zero-order valence-electron chi connectivity index (χ0n) is 20.9. The number of rotatable bonds is 8. The van der Waals surface area contributed by atoms with Crippen molar-refractivity contribution in [2.45, 2.75) is 116 Å². The maximum absolute atomic E-state index is 13.6. The van der Waals surface area contributed by atoms with E-state index in [1.807, 2.05) is 0 Å². The summed E-state index contributed by atoms with van der Waals surface area (Å²) in [7, 11) is 0. The van der Waals surface area contributed by atoms with E-state index in [1.165, 1.54) is 102 Å². The molecule has 0 unspecified atom stereocenters. The zero-order chi connectivity index (χ0) is 23.0. The van der Waals surface area contributed by atoms with Crippen molar-refractivity contribution in [1.29, 1.82) is 0 Å². The first-order valence-electron chi connectivity index (χ1n) is 14.3. The molecule has 2 heteroatoms. The van der Waals surface area contributed by atoms with Gasteiger partial charge in [0.2, 0.25) is 0 Å². The highest BCUT2D eigenvalue weighted by molar-refractivity contribution is 5.22. The van der Waals surface area contributed by atoms with Gasteiger partial charge in [0.05, 0.1) is 0 Å². The molecule has 0 N–H and O–H groups in total. The van der Waals surface area contributed by atoms with Crippen LogP contribution in [0, 0.1) is 41.2 Å². The average Bonchev–Trinajstić information content (AvgIpc) is 2.86. The second-order valence-electron chi connectivity index (χ2n) is 11.6. The predicted molar refractivity (Wildman–Crippen MR) is 135 cm³/mol. The SMILES string of the molecule is CCCCCC1CCC(C2CCC(/C=C/C3CCC(c4ccc(F)c(F)c4)CC3)CC2)CC1. The minimum Gasteiger partial charge on any atom is -0.204 e. The summed E-state index contributed by atoms with van der Waals surface area (Å²) in [5, 5.41) is 0. The van der Waals surface area contributed by atoms with Gasteiger partial charge in [-0.05, 0) is 117 Å². The Balaban J connectivity index is 1.14.